The smallest absolute Gasteiger partial charge is 0.306 e. The Labute approximate surface area is 398 Å². The molecule has 2 saturated heterocycles. The van der Waals surface area contributed by atoms with Crippen molar-refractivity contribution in [2.75, 3.05) is 33.0 Å². The van der Waals surface area contributed by atoms with Gasteiger partial charge in [0, 0.05) is 13.0 Å². The molecule has 0 spiro atoms. The molecule has 2 aliphatic heterocycles. The lowest BCUT2D eigenvalue weighted by molar-refractivity contribution is -0.332. The maximum absolute atomic E-state index is 13.0. The van der Waals surface area contributed by atoms with Gasteiger partial charge < -0.3 is 64.2 Å². The van der Waals surface area contributed by atoms with Crippen LogP contribution in [0.25, 0.3) is 0 Å². The molecule has 386 valence electrons. The van der Waals surface area contributed by atoms with E-state index in [4.69, 9.17) is 28.4 Å². The Hall–Kier alpha value is -1.79. The first-order valence-electron chi connectivity index (χ1n) is 26.1. The number of hydrogen-bond acceptors (Lipinski definition) is 14. The Kier molecular flexibility index (Phi) is 36.6. The lowest BCUT2D eigenvalue weighted by Crippen LogP contribution is -2.61. The highest BCUT2D eigenvalue weighted by Crippen LogP contribution is 2.26. The van der Waals surface area contributed by atoms with Crippen molar-refractivity contribution in [2.24, 2.45) is 0 Å². The molecule has 2 heterocycles. The van der Waals surface area contributed by atoms with E-state index in [2.05, 4.69) is 50.3 Å². The molecule has 2 fully saturated rings. The molecule has 2 rings (SSSR count). The van der Waals surface area contributed by atoms with Gasteiger partial charge in [0.2, 0.25) is 0 Å². The van der Waals surface area contributed by atoms with Crippen molar-refractivity contribution >= 4 is 5.97 Å². The predicted octanol–water partition coefficient (Wildman–Crippen LogP) is 7.80. The Morgan fingerprint density at radius 1 is 0.515 bits per heavy atom. The van der Waals surface area contributed by atoms with Crippen LogP contribution in [0.5, 0.6) is 0 Å². The molecule has 0 aliphatic carbocycles. The SMILES string of the molecule is CC/C=C\C/C=C\C/C=C\CCCCCCCCCCOCC(COC1OC(COC2OC(CO)C(O)C(O)C2O)C(O)C(O)C1O)OC(=O)CCCCCCCCCCCCCCCC. The first kappa shape index (κ1) is 60.3. The molecule has 7 N–H and O–H groups in total. The van der Waals surface area contributed by atoms with E-state index < -0.39 is 80.7 Å². The number of aliphatic hydroxyl groups excluding tert-OH is 7. The van der Waals surface area contributed by atoms with Crippen molar-refractivity contribution in [2.45, 2.75) is 255 Å². The minimum atomic E-state index is -1.71. The number of carbonyl (C=O) groups excluding carboxylic acids is 1. The summed E-state index contributed by atoms with van der Waals surface area (Å²) in [6.07, 6.45) is 27.7. The lowest BCUT2D eigenvalue weighted by Gasteiger charge is -2.42. The first-order chi connectivity index (χ1) is 32.1. The summed E-state index contributed by atoms with van der Waals surface area (Å²) in [6, 6.07) is 0. The molecule has 66 heavy (non-hydrogen) atoms. The number of hydrogen-bond donors (Lipinski definition) is 7. The van der Waals surface area contributed by atoms with Gasteiger partial charge in [0.15, 0.2) is 12.6 Å². The molecule has 0 saturated carbocycles. The maximum atomic E-state index is 13.0. The fourth-order valence-corrected chi connectivity index (χ4v) is 8.18. The van der Waals surface area contributed by atoms with E-state index in [1.54, 1.807) is 0 Å². The zero-order valence-electron chi connectivity index (χ0n) is 40.9. The van der Waals surface area contributed by atoms with Crippen LogP contribution in [0.1, 0.15) is 187 Å². The van der Waals surface area contributed by atoms with Crippen LogP contribution in [-0.4, -0.2) is 142 Å². The van der Waals surface area contributed by atoms with Gasteiger partial charge >= 0.3 is 5.97 Å². The minimum Gasteiger partial charge on any atom is -0.457 e. The molecule has 0 aromatic carbocycles. The molecular formula is C52H94O14. The van der Waals surface area contributed by atoms with E-state index in [1.807, 2.05) is 0 Å². The van der Waals surface area contributed by atoms with Gasteiger partial charge in [0.1, 0.15) is 54.9 Å². The molecule has 0 bridgehead atoms. The van der Waals surface area contributed by atoms with Gasteiger partial charge in [-0.1, -0.05) is 172 Å². The third-order valence-corrected chi connectivity index (χ3v) is 12.4. The summed E-state index contributed by atoms with van der Waals surface area (Å²) in [5, 5.41) is 72.1. The van der Waals surface area contributed by atoms with E-state index in [9.17, 15) is 40.5 Å². The number of esters is 1. The molecule has 0 aromatic heterocycles. The Bertz CT molecular complexity index is 1230. The predicted molar refractivity (Wildman–Crippen MR) is 256 cm³/mol. The summed E-state index contributed by atoms with van der Waals surface area (Å²) in [5.41, 5.74) is 0. The fraction of sp³-hybridized carbons (Fsp3) is 0.865. The van der Waals surface area contributed by atoms with Crippen LogP contribution in [0, 0.1) is 0 Å². The van der Waals surface area contributed by atoms with Crippen molar-refractivity contribution in [3.05, 3.63) is 36.5 Å². The van der Waals surface area contributed by atoms with Crippen LogP contribution in [-0.2, 0) is 33.2 Å². The second-order valence-corrected chi connectivity index (χ2v) is 18.3. The average Bonchev–Trinajstić information content (AvgIpc) is 3.31. The van der Waals surface area contributed by atoms with Crippen LogP contribution in [0.4, 0.5) is 0 Å². The van der Waals surface area contributed by atoms with E-state index in [0.717, 1.165) is 64.2 Å². The second-order valence-electron chi connectivity index (χ2n) is 18.3. The van der Waals surface area contributed by atoms with Crippen molar-refractivity contribution in [1.82, 2.24) is 0 Å². The highest BCUT2D eigenvalue weighted by molar-refractivity contribution is 5.69. The lowest BCUT2D eigenvalue weighted by atomic mass is 9.98. The summed E-state index contributed by atoms with van der Waals surface area (Å²) >= 11 is 0. The monoisotopic (exact) mass is 943 g/mol. The van der Waals surface area contributed by atoms with Crippen LogP contribution < -0.4 is 0 Å². The molecule has 14 nitrogen and oxygen atoms in total. The van der Waals surface area contributed by atoms with Crippen LogP contribution in [0.3, 0.4) is 0 Å². The highest BCUT2D eigenvalue weighted by atomic mass is 16.7. The molecule has 14 heteroatoms. The Morgan fingerprint density at radius 2 is 0.985 bits per heavy atom. The molecule has 11 atom stereocenters. The van der Waals surface area contributed by atoms with Crippen LogP contribution in [0.2, 0.25) is 0 Å². The van der Waals surface area contributed by atoms with Gasteiger partial charge in [0.25, 0.3) is 0 Å². The van der Waals surface area contributed by atoms with Crippen molar-refractivity contribution in [3.8, 4) is 0 Å². The number of aliphatic hydroxyl groups is 7. The Morgan fingerprint density at radius 3 is 1.55 bits per heavy atom. The number of ether oxygens (including phenoxy) is 6. The minimum absolute atomic E-state index is 0.0587. The third-order valence-electron chi connectivity index (χ3n) is 12.4. The summed E-state index contributed by atoms with van der Waals surface area (Å²) < 4.78 is 34.3. The molecule has 0 amide bonds. The molecule has 2 aliphatic rings. The average molecular weight is 943 g/mol. The van der Waals surface area contributed by atoms with Crippen LogP contribution >= 0.6 is 0 Å². The number of rotatable bonds is 41. The summed E-state index contributed by atoms with van der Waals surface area (Å²) in [5.74, 6) is -0.378. The zero-order valence-corrected chi connectivity index (χ0v) is 40.9. The van der Waals surface area contributed by atoms with E-state index in [-0.39, 0.29) is 25.6 Å². The van der Waals surface area contributed by atoms with Gasteiger partial charge in [-0.15, -0.1) is 0 Å². The number of unbranched alkanes of at least 4 members (excludes halogenated alkanes) is 21. The second kappa shape index (κ2) is 40.0. The fourth-order valence-electron chi connectivity index (χ4n) is 8.18. The topological polar surface area (TPSA) is 214 Å². The standard InChI is InChI=1S/C52H94O14/c1-3-5-7-9-11-13-15-17-19-20-21-22-24-26-28-30-32-34-36-61-38-41(64-44(54)35-33-31-29-27-25-23-18-16-14-12-10-8-6-4-2)39-62-51-50(60)48(58)46(56)43(66-51)40-63-52-49(59)47(57)45(55)42(37-53)65-52/h5,7,11,13,17,19,41-43,45-53,55-60H,3-4,6,8-10,12,14-16,18,20-40H2,1-2H3/b7-5-,13-11-,19-17-. The van der Waals surface area contributed by atoms with Gasteiger partial charge in [-0.05, 0) is 44.9 Å². The third kappa shape index (κ3) is 27.4. The zero-order chi connectivity index (χ0) is 48.0. The van der Waals surface area contributed by atoms with Gasteiger partial charge in [-0.2, -0.15) is 0 Å². The summed E-state index contributed by atoms with van der Waals surface area (Å²) in [4.78, 5) is 13.0. The number of carbonyl (C=O) groups is 1. The van der Waals surface area contributed by atoms with Crippen LogP contribution in [0.15, 0.2) is 36.5 Å². The van der Waals surface area contributed by atoms with Gasteiger partial charge in [-0.3, -0.25) is 4.79 Å². The largest absolute Gasteiger partial charge is 0.457 e. The van der Waals surface area contributed by atoms with Gasteiger partial charge in [0.05, 0.1) is 26.4 Å². The maximum Gasteiger partial charge on any atom is 0.306 e. The molecule has 0 aromatic rings. The first-order valence-corrected chi connectivity index (χ1v) is 26.1. The molecule has 11 unspecified atom stereocenters. The van der Waals surface area contributed by atoms with E-state index in [1.165, 1.54) is 96.3 Å². The van der Waals surface area contributed by atoms with E-state index >= 15 is 0 Å². The van der Waals surface area contributed by atoms with Crippen molar-refractivity contribution in [1.29, 1.82) is 0 Å². The summed E-state index contributed by atoms with van der Waals surface area (Å²) in [7, 11) is 0. The normalized spacial score (nSPS) is 26.6. The highest BCUT2D eigenvalue weighted by Gasteiger charge is 2.47. The Balaban J connectivity index is 1.76. The van der Waals surface area contributed by atoms with Gasteiger partial charge in [-0.25, -0.2) is 0 Å². The summed E-state index contributed by atoms with van der Waals surface area (Å²) in [6.45, 7) is 3.57. The molecular weight excluding hydrogens is 849 g/mol. The van der Waals surface area contributed by atoms with E-state index in [0.29, 0.717) is 13.0 Å². The number of allylic oxidation sites excluding steroid dienone is 6. The molecule has 0 radical (unpaired) electrons. The van der Waals surface area contributed by atoms with Crippen molar-refractivity contribution in [3.63, 3.8) is 0 Å². The quantitative estimate of drug-likeness (QED) is 0.0177. The van der Waals surface area contributed by atoms with Crippen molar-refractivity contribution < 1.29 is 69.0 Å².